The van der Waals surface area contributed by atoms with Gasteiger partial charge in [-0.05, 0) is 56.2 Å². The normalized spacial score (nSPS) is 11.5. The summed E-state index contributed by atoms with van der Waals surface area (Å²) in [4.78, 5) is 24.8. The third-order valence-electron chi connectivity index (χ3n) is 6.07. The molecule has 0 radical (unpaired) electrons. The number of hydrogen-bond donors (Lipinski definition) is 1. The number of aromatic nitrogens is 1. The lowest BCUT2D eigenvalue weighted by Gasteiger charge is -2.15. The van der Waals surface area contributed by atoms with Crippen molar-refractivity contribution < 1.29 is 28.3 Å². The summed E-state index contributed by atoms with van der Waals surface area (Å²) in [5, 5.41) is 7.33. The van der Waals surface area contributed by atoms with E-state index in [4.69, 9.17) is 30.3 Å². The van der Waals surface area contributed by atoms with Gasteiger partial charge in [0.1, 0.15) is 23.2 Å². The minimum absolute atomic E-state index is 0.147. The van der Waals surface area contributed by atoms with Gasteiger partial charge in [0, 0.05) is 21.7 Å². The van der Waals surface area contributed by atoms with E-state index in [0.29, 0.717) is 45.6 Å². The number of nitrogens with one attached hydrogen (secondary N) is 1. The van der Waals surface area contributed by atoms with Crippen LogP contribution in [0.3, 0.4) is 0 Å². The van der Waals surface area contributed by atoms with Crippen molar-refractivity contribution in [1.29, 1.82) is 0 Å². The number of benzene rings is 3. The van der Waals surface area contributed by atoms with E-state index in [1.54, 1.807) is 40.0 Å². The summed E-state index contributed by atoms with van der Waals surface area (Å²) in [6.45, 7) is 5.57. The van der Waals surface area contributed by atoms with Crippen LogP contribution in [-0.2, 0) is 20.7 Å². The van der Waals surface area contributed by atoms with Crippen molar-refractivity contribution >= 4 is 29.4 Å². The second-order valence-electron chi connectivity index (χ2n) is 8.76. The van der Waals surface area contributed by atoms with Crippen LogP contribution in [0.5, 0.6) is 5.75 Å². The van der Waals surface area contributed by atoms with E-state index in [2.05, 4.69) is 10.5 Å². The summed E-state index contributed by atoms with van der Waals surface area (Å²) in [5.74, 6) is 0.716. The van der Waals surface area contributed by atoms with Gasteiger partial charge in [-0.1, -0.05) is 59.2 Å². The monoisotopic (exact) mass is 548 g/mol. The molecule has 1 heterocycles. The lowest BCUT2D eigenvalue weighted by atomic mass is 9.98. The first-order chi connectivity index (χ1) is 18.8. The maximum atomic E-state index is 12.8. The number of rotatable bonds is 9. The van der Waals surface area contributed by atoms with Gasteiger partial charge in [0.25, 0.3) is 0 Å². The van der Waals surface area contributed by atoms with Gasteiger partial charge < -0.3 is 18.7 Å². The van der Waals surface area contributed by atoms with Crippen LogP contribution in [0.2, 0.25) is 5.02 Å². The predicted molar refractivity (Wildman–Crippen MR) is 149 cm³/mol. The van der Waals surface area contributed by atoms with Gasteiger partial charge in [0.2, 0.25) is 0 Å². The molecule has 1 N–H and O–H groups in total. The van der Waals surface area contributed by atoms with E-state index in [1.807, 2.05) is 54.6 Å². The Morgan fingerprint density at radius 2 is 1.82 bits per heavy atom. The molecule has 0 saturated heterocycles. The van der Waals surface area contributed by atoms with Crippen molar-refractivity contribution in [2.75, 3.05) is 19.0 Å². The van der Waals surface area contributed by atoms with Crippen molar-refractivity contribution in [3.8, 4) is 28.2 Å². The van der Waals surface area contributed by atoms with E-state index in [0.717, 1.165) is 16.7 Å². The maximum absolute atomic E-state index is 12.8. The Morgan fingerprint density at radius 1 is 1.05 bits per heavy atom. The first-order valence-electron chi connectivity index (χ1n) is 12.4. The molecule has 3 aromatic carbocycles. The predicted octanol–water partition coefficient (Wildman–Crippen LogP) is 7.39. The third-order valence-corrected chi connectivity index (χ3v) is 6.41. The Labute approximate surface area is 231 Å². The molecule has 4 aromatic rings. The highest BCUT2D eigenvalue weighted by atomic mass is 35.5. The van der Waals surface area contributed by atoms with Gasteiger partial charge >= 0.3 is 12.1 Å². The van der Waals surface area contributed by atoms with E-state index in [-0.39, 0.29) is 12.4 Å². The summed E-state index contributed by atoms with van der Waals surface area (Å²) >= 11 is 6.24. The smallest absolute Gasteiger partial charge is 0.412 e. The molecule has 9 heteroatoms. The van der Waals surface area contributed by atoms with Gasteiger partial charge in [-0.15, -0.1) is 0 Å². The molecule has 0 aliphatic rings. The van der Waals surface area contributed by atoms with Crippen molar-refractivity contribution in [3.63, 3.8) is 0 Å². The van der Waals surface area contributed by atoms with E-state index in [9.17, 15) is 9.59 Å². The highest BCUT2D eigenvalue weighted by Gasteiger charge is 2.21. The van der Waals surface area contributed by atoms with Gasteiger partial charge in [-0.25, -0.2) is 4.79 Å². The molecular weight excluding hydrogens is 520 g/mol. The number of amides is 1. The Bertz CT molecular complexity index is 1480. The molecule has 0 fully saturated rings. The molecule has 0 bridgehead atoms. The van der Waals surface area contributed by atoms with Crippen LogP contribution in [0.15, 0.2) is 71.3 Å². The molecule has 1 aromatic heterocycles. The van der Waals surface area contributed by atoms with Crippen LogP contribution in [0.25, 0.3) is 22.5 Å². The van der Waals surface area contributed by atoms with E-state index < -0.39 is 12.2 Å². The zero-order chi connectivity index (χ0) is 27.9. The topological polar surface area (TPSA) is 99.9 Å². The van der Waals surface area contributed by atoms with Crippen LogP contribution >= 0.6 is 11.6 Å². The molecule has 1 amide bonds. The van der Waals surface area contributed by atoms with E-state index in [1.165, 1.54) is 0 Å². The summed E-state index contributed by atoms with van der Waals surface area (Å²) in [7, 11) is 1.59. The molecule has 0 aliphatic heterocycles. The standard InChI is InChI=1S/C30H29ClN2O6/c1-5-37-27(34)16-20-13-14-26(36-4)24(15-20)21-9-8-10-22(17-21)29-28(18(2)33-39-29)32-30(35)38-19(3)23-11-6-7-12-25(23)31/h6-15,17,19H,5,16H2,1-4H3,(H,32,35). The number of hydrogen-bond acceptors (Lipinski definition) is 7. The minimum Gasteiger partial charge on any atom is -0.496 e. The number of esters is 1. The van der Waals surface area contributed by atoms with Crippen molar-refractivity contribution in [3.05, 3.63) is 88.6 Å². The average molecular weight is 549 g/mol. The first-order valence-corrected chi connectivity index (χ1v) is 12.8. The van der Waals surface area contributed by atoms with Crippen LogP contribution in [-0.4, -0.2) is 30.9 Å². The Balaban J connectivity index is 1.60. The maximum Gasteiger partial charge on any atom is 0.412 e. The summed E-state index contributed by atoms with van der Waals surface area (Å²) < 4.78 is 21.8. The van der Waals surface area contributed by atoms with Crippen LogP contribution in [0.1, 0.15) is 36.8 Å². The molecule has 0 spiro atoms. The van der Waals surface area contributed by atoms with Crippen molar-refractivity contribution in [2.24, 2.45) is 0 Å². The zero-order valence-electron chi connectivity index (χ0n) is 22.1. The van der Waals surface area contributed by atoms with E-state index >= 15 is 0 Å². The third kappa shape index (κ3) is 6.59. The number of anilines is 1. The fourth-order valence-corrected chi connectivity index (χ4v) is 4.46. The Kier molecular flexibility index (Phi) is 8.88. The SMILES string of the molecule is CCOC(=O)Cc1ccc(OC)c(-c2cccc(-c3onc(C)c3NC(=O)OC(C)c3ccccc3Cl)c2)c1. The van der Waals surface area contributed by atoms with Crippen LogP contribution < -0.4 is 10.1 Å². The van der Waals surface area contributed by atoms with Crippen molar-refractivity contribution in [2.45, 2.75) is 33.3 Å². The number of methoxy groups -OCH3 is 1. The number of ether oxygens (including phenoxy) is 3. The molecule has 4 rings (SSSR count). The molecule has 1 unspecified atom stereocenters. The van der Waals surface area contributed by atoms with Gasteiger partial charge in [0.15, 0.2) is 5.76 Å². The summed E-state index contributed by atoms with van der Waals surface area (Å²) in [5.41, 5.74) is 4.68. The van der Waals surface area contributed by atoms with Gasteiger partial charge in [-0.3, -0.25) is 10.1 Å². The second kappa shape index (κ2) is 12.5. The lowest BCUT2D eigenvalue weighted by molar-refractivity contribution is -0.142. The Hall–Kier alpha value is -4.30. The fourth-order valence-electron chi connectivity index (χ4n) is 4.17. The number of carbonyl (C=O) groups excluding carboxylic acids is 2. The molecule has 1 atom stereocenters. The average Bonchev–Trinajstić information content (AvgIpc) is 3.28. The van der Waals surface area contributed by atoms with Gasteiger partial charge in [-0.2, -0.15) is 0 Å². The van der Waals surface area contributed by atoms with Crippen LogP contribution in [0.4, 0.5) is 10.5 Å². The molecule has 0 saturated carbocycles. The first kappa shape index (κ1) is 27.7. The molecule has 202 valence electrons. The quantitative estimate of drug-likeness (QED) is 0.217. The second-order valence-corrected chi connectivity index (χ2v) is 9.17. The van der Waals surface area contributed by atoms with Gasteiger partial charge in [0.05, 0.1) is 20.1 Å². The summed E-state index contributed by atoms with van der Waals surface area (Å²) in [6, 6.07) is 20.3. The molecule has 0 aliphatic carbocycles. The number of nitrogens with zero attached hydrogens (tertiary/aromatic N) is 1. The molecule has 39 heavy (non-hydrogen) atoms. The number of carbonyl (C=O) groups is 2. The molecular formula is C30H29ClN2O6. The largest absolute Gasteiger partial charge is 0.496 e. The number of aryl methyl sites for hydroxylation is 1. The lowest BCUT2D eigenvalue weighted by Crippen LogP contribution is -2.17. The highest BCUT2D eigenvalue weighted by molar-refractivity contribution is 6.31. The minimum atomic E-state index is -0.667. The number of halogens is 1. The van der Waals surface area contributed by atoms with Crippen LogP contribution in [0, 0.1) is 6.92 Å². The Morgan fingerprint density at radius 3 is 2.56 bits per heavy atom. The van der Waals surface area contributed by atoms with Crippen molar-refractivity contribution in [1.82, 2.24) is 5.16 Å². The fraction of sp³-hybridized carbons (Fsp3) is 0.233. The zero-order valence-corrected chi connectivity index (χ0v) is 22.9. The summed E-state index contributed by atoms with van der Waals surface area (Å²) in [6.07, 6.45) is -1.09. The molecule has 8 nitrogen and oxygen atoms in total. The highest BCUT2D eigenvalue weighted by Crippen LogP contribution is 2.37.